The number of hydrogen-bond acceptors (Lipinski definition) is 7. The lowest BCUT2D eigenvalue weighted by atomic mass is 9.86. The lowest BCUT2D eigenvalue weighted by Crippen LogP contribution is -2.44. The van der Waals surface area contributed by atoms with Gasteiger partial charge in [-0.2, -0.15) is 0 Å². The minimum Gasteiger partial charge on any atom is -0.508 e. The number of esters is 1. The standard InChI is InChI=1S/C29H35N3O5/c1-4-7-11-31(12-8-5-2)16-20-19-13-18-15-32-24(26(18)30-23(19)9-10-25(20)33)14-22-21(27(32)34)17-37-28(35)29(22,36)6-3/h9-10,13-14,33,36H,4-8,11-12,15-17H2,1-3H3/t29-/m0/s1. The van der Waals surface area contributed by atoms with Gasteiger partial charge in [0.25, 0.3) is 5.56 Å². The molecule has 0 aliphatic carbocycles. The lowest BCUT2D eigenvalue weighted by Gasteiger charge is -2.31. The molecule has 2 aliphatic rings. The zero-order valence-electron chi connectivity index (χ0n) is 21.8. The fourth-order valence-electron chi connectivity index (χ4n) is 5.52. The number of aliphatic hydroxyl groups is 1. The number of hydrogen-bond donors (Lipinski definition) is 2. The van der Waals surface area contributed by atoms with E-state index < -0.39 is 11.6 Å². The van der Waals surface area contributed by atoms with E-state index in [1.54, 1.807) is 29.7 Å². The molecule has 2 N–H and O–H groups in total. The molecule has 8 heteroatoms. The van der Waals surface area contributed by atoms with Crippen LogP contribution in [0.15, 0.2) is 29.1 Å². The van der Waals surface area contributed by atoms with E-state index in [1.807, 2.05) is 6.07 Å². The first-order chi connectivity index (χ1) is 17.8. The van der Waals surface area contributed by atoms with Crippen molar-refractivity contribution >= 4 is 16.9 Å². The van der Waals surface area contributed by atoms with Crippen molar-refractivity contribution in [2.75, 3.05) is 13.1 Å². The molecule has 0 saturated heterocycles. The molecule has 37 heavy (non-hydrogen) atoms. The summed E-state index contributed by atoms with van der Waals surface area (Å²) in [7, 11) is 0. The molecule has 1 aromatic carbocycles. The number of nitrogens with zero attached hydrogens (tertiary/aromatic N) is 3. The van der Waals surface area contributed by atoms with Crippen LogP contribution in [0.25, 0.3) is 22.3 Å². The molecule has 2 aromatic heterocycles. The molecular formula is C29H35N3O5. The Hall–Kier alpha value is -3.23. The quantitative estimate of drug-likeness (QED) is 0.329. The molecule has 4 heterocycles. The Morgan fingerprint density at radius 3 is 2.51 bits per heavy atom. The highest BCUT2D eigenvalue weighted by Crippen LogP contribution is 2.39. The molecule has 0 radical (unpaired) electrons. The Morgan fingerprint density at radius 2 is 1.84 bits per heavy atom. The monoisotopic (exact) mass is 505 g/mol. The molecule has 0 fully saturated rings. The number of aromatic nitrogens is 2. The number of cyclic esters (lactones) is 1. The first kappa shape index (κ1) is 25.4. The Bertz CT molecular complexity index is 1420. The molecule has 0 saturated carbocycles. The topological polar surface area (TPSA) is 105 Å². The fourth-order valence-corrected chi connectivity index (χ4v) is 5.52. The molecule has 3 aromatic rings. The van der Waals surface area contributed by atoms with Crippen LogP contribution < -0.4 is 5.56 Å². The minimum atomic E-state index is -1.85. The van der Waals surface area contributed by atoms with E-state index in [9.17, 15) is 19.8 Å². The third-order valence-corrected chi connectivity index (χ3v) is 7.82. The molecule has 8 nitrogen and oxygen atoms in total. The van der Waals surface area contributed by atoms with Crippen molar-refractivity contribution in [1.82, 2.24) is 14.5 Å². The molecule has 2 aliphatic heterocycles. The number of rotatable bonds is 9. The second-order valence-electron chi connectivity index (χ2n) is 10.2. The van der Waals surface area contributed by atoms with Crippen LogP contribution >= 0.6 is 0 Å². The van der Waals surface area contributed by atoms with Crippen molar-refractivity contribution in [3.05, 3.63) is 56.9 Å². The van der Waals surface area contributed by atoms with Crippen molar-refractivity contribution in [1.29, 1.82) is 0 Å². The lowest BCUT2D eigenvalue weighted by molar-refractivity contribution is -0.172. The van der Waals surface area contributed by atoms with Gasteiger partial charge in [0.2, 0.25) is 0 Å². The van der Waals surface area contributed by atoms with E-state index in [2.05, 4.69) is 18.7 Å². The Labute approximate surface area is 216 Å². The summed E-state index contributed by atoms with van der Waals surface area (Å²) in [5.41, 5.74) is 2.21. The van der Waals surface area contributed by atoms with E-state index >= 15 is 0 Å². The van der Waals surface area contributed by atoms with Gasteiger partial charge in [0.1, 0.15) is 12.4 Å². The maximum Gasteiger partial charge on any atom is 0.343 e. The smallest absolute Gasteiger partial charge is 0.343 e. The number of phenolic OH excluding ortho intramolecular Hbond substituents is 1. The molecule has 5 rings (SSSR count). The highest BCUT2D eigenvalue weighted by atomic mass is 16.6. The van der Waals surface area contributed by atoms with Crippen LogP contribution in [0.5, 0.6) is 5.75 Å². The summed E-state index contributed by atoms with van der Waals surface area (Å²) >= 11 is 0. The highest BCUT2D eigenvalue weighted by molar-refractivity contribution is 5.89. The van der Waals surface area contributed by atoms with Crippen molar-refractivity contribution in [2.24, 2.45) is 0 Å². The number of carbonyl (C=O) groups is 1. The Kier molecular flexibility index (Phi) is 6.81. The van der Waals surface area contributed by atoms with E-state index in [-0.39, 0.29) is 24.3 Å². The summed E-state index contributed by atoms with van der Waals surface area (Å²) in [6, 6.07) is 7.25. The van der Waals surface area contributed by atoms with Gasteiger partial charge in [-0.3, -0.25) is 9.69 Å². The van der Waals surface area contributed by atoms with Gasteiger partial charge in [-0.25, -0.2) is 9.78 Å². The number of aromatic hydroxyl groups is 1. The van der Waals surface area contributed by atoms with Crippen LogP contribution in [0.1, 0.15) is 75.1 Å². The predicted molar refractivity (Wildman–Crippen MR) is 141 cm³/mol. The summed E-state index contributed by atoms with van der Waals surface area (Å²) in [6.45, 7) is 8.82. The first-order valence-corrected chi connectivity index (χ1v) is 13.4. The van der Waals surface area contributed by atoms with Crippen LogP contribution in [0.2, 0.25) is 0 Å². The van der Waals surface area contributed by atoms with Gasteiger partial charge in [0, 0.05) is 28.6 Å². The maximum absolute atomic E-state index is 13.4. The van der Waals surface area contributed by atoms with Gasteiger partial charge in [-0.15, -0.1) is 0 Å². The number of benzene rings is 1. The molecular weight excluding hydrogens is 470 g/mol. The van der Waals surface area contributed by atoms with Crippen LogP contribution in [-0.2, 0) is 34.8 Å². The van der Waals surface area contributed by atoms with Crippen molar-refractivity contribution in [2.45, 2.75) is 78.2 Å². The van der Waals surface area contributed by atoms with Crippen LogP contribution in [0, 0.1) is 0 Å². The molecule has 0 bridgehead atoms. The number of carbonyl (C=O) groups excluding carboxylic acids is 1. The van der Waals surface area contributed by atoms with E-state index in [1.165, 1.54) is 0 Å². The molecule has 1 atom stereocenters. The third kappa shape index (κ3) is 4.22. The second kappa shape index (κ2) is 9.91. The summed E-state index contributed by atoms with van der Waals surface area (Å²) in [4.78, 5) is 33.2. The zero-order valence-corrected chi connectivity index (χ0v) is 21.8. The maximum atomic E-state index is 13.4. The average molecular weight is 506 g/mol. The third-order valence-electron chi connectivity index (χ3n) is 7.82. The van der Waals surface area contributed by atoms with E-state index in [4.69, 9.17) is 9.72 Å². The normalized spacial score (nSPS) is 18.1. The summed E-state index contributed by atoms with van der Waals surface area (Å²) < 4.78 is 6.80. The molecule has 0 unspecified atom stereocenters. The molecule has 0 spiro atoms. The Balaban J connectivity index is 1.60. The zero-order chi connectivity index (χ0) is 26.3. The van der Waals surface area contributed by atoms with Crippen molar-refractivity contribution in [3.63, 3.8) is 0 Å². The number of unbranched alkanes of at least 4 members (excludes halogenated alkanes) is 2. The number of pyridine rings is 2. The van der Waals surface area contributed by atoms with Crippen LogP contribution in [0.4, 0.5) is 0 Å². The summed E-state index contributed by atoms with van der Waals surface area (Å²) in [6.07, 6.45) is 4.53. The largest absolute Gasteiger partial charge is 0.508 e. The summed E-state index contributed by atoms with van der Waals surface area (Å²) in [5.74, 6) is -0.480. The fraction of sp³-hybridized carbons (Fsp3) is 0.483. The number of fused-ring (bicyclic) bond motifs is 5. The SMILES string of the molecule is CCCCN(CCCC)Cc1c(O)ccc2nc3c(cc12)Cn1c-3cc2c(c1=O)COC(=O)[C@]2(O)CC. The average Bonchev–Trinajstić information content (AvgIpc) is 3.26. The van der Waals surface area contributed by atoms with Gasteiger partial charge in [0.05, 0.1) is 29.0 Å². The van der Waals surface area contributed by atoms with Gasteiger partial charge >= 0.3 is 5.97 Å². The van der Waals surface area contributed by atoms with Gasteiger partial charge in [0.15, 0.2) is 5.60 Å². The predicted octanol–water partition coefficient (Wildman–Crippen LogP) is 4.19. The first-order valence-electron chi connectivity index (χ1n) is 13.4. The van der Waals surface area contributed by atoms with Gasteiger partial charge in [-0.1, -0.05) is 33.6 Å². The van der Waals surface area contributed by atoms with E-state index in [0.717, 1.165) is 60.8 Å². The Morgan fingerprint density at radius 1 is 1.11 bits per heavy atom. The van der Waals surface area contributed by atoms with Crippen molar-refractivity contribution < 1.29 is 19.7 Å². The number of ether oxygens (including phenoxy) is 1. The van der Waals surface area contributed by atoms with Gasteiger partial charge < -0.3 is 19.5 Å². The molecule has 0 amide bonds. The van der Waals surface area contributed by atoms with Crippen LogP contribution in [-0.4, -0.2) is 43.7 Å². The molecule has 196 valence electrons. The van der Waals surface area contributed by atoms with E-state index in [0.29, 0.717) is 35.6 Å². The summed E-state index contributed by atoms with van der Waals surface area (Å²) in [5, 5.41) is 22.8. The van der Waals surface area contributed by atoms with Gasteiger partial charge in [-0.05, 0) is 56.6 Å². The number of phenols is 1. The van der Waals surface area contributed by atoms with Crippen molar-refractivity contribution in [3.8, 4) is 17.1 Å². The minimum absolute atomic E-state index is 0.106. The highest BCUT2D eigenvalue weighted by Gasteiger charge is 2.45. The van der Waals surface area contributed by atoms with Crippen LogP contribution in [0.3, 0.4) is 0 Å². The second-order valence-corrected chi connectivity index (χ2v) is 10.2.